The van der Waals surface area contributed by atoms with E-state index in [4.69, 9.17) is 9.47 Å². The van der Waals surface area contributed by atoms with Crippen LogP contribution < -0.4 is 0 Å². The molecule has 0 spiro atoms. The standard InChI is InChI=1S/C24H36O4/c1-23(2)20(18-27-4)12-14-24(23,3)15-13-21(26)22(11-8-16-25)28-17-19-9-6-5-7-10-19/h5-7,9-10,20-22,25-26H,8,11-12,14,16-18H2,1-4H3/t20-,21?,22+,24-/m0/s1. The van der Waals surface area contributed by atoms with Crippen LogP contribution >= 0.6 is 0 Å². The highest BCUT2D eigenvalue weighted by Crippen LogP contribution is 2.55. The van der Waals surface area contributed by atoms with E-state index in [1.807, 2.05) is 30.3 Å². The Bertz CT molecular complexity index is 646. The number of aliphatic hydroxyl groups excluding tert-OH is 2. The van der Waals surface area contributed by atoms with Crippen LogP contribution in [0.1, 0.15) is 52.0 Å². The van der Waals surface area contributed by atoms with Crippen LogP contribution in [0.25, 0.3) is 0 Å². The van der Waals surface area contributed by atoms with E-state index in [2.05, 4.69) is 32.6 Å². The van der Waals surface area contributed by atoms with Gasteiger partial charge in [-0.15, -0.1) is 0 Å². The van der Waals surface area contributed by atoms with Crippen molar-refractivity contribution < 1.29 is 19.7 Å². The Morgan fingerprint density at radius 1 is 1.21 bits per heavy atom. The molecule has 28 heavy (non-hydrogen) atoms. The summed E-state index contributed by atoms with van der Waals surface area (Å²) in [5.41, 5.74) is 0.905. The van der Waals surface area contributed by atoms with Crippen LogP contribution in [0.3, 0.4) is 0 Å². The van der Waals surface area contributed by atoms with Gasteiger partial charge in [-0.1, -0.05) is 56.0 Å². The topological polar surface area (TPSA) is 58.9 Å². The molecule has 0 radical (unpaired) electrons. The van der Waals surface area contributed by atoms with Gasteiger partial charge in [-0.3, -0.25) is 0 Å². The minimum Gasteiger partial charge on any atom is -0.396 e. The van der Waals surface area contributed by atoms with Crippen molar-refractivity contribution in [3.8, 4) is 11.8 Å². The van der Waals surface area contributed by atoms with Crippen LogP contribution in [-0.4, -0.2) is 42.7 Å². The molecule has 0 aliphatic heterocycles. The number of aliphatic hydroxyl groups is 2. The van der Waals surface area contributed by atoms with Crippen molar-refractivity contribution in [2.75, 3.05) is 20.3 Å². The van der Waals surface area contributed by atoms with Gasteiger partial charge in [-0.2, -0.15) is 0 Å². The van der Waals surface area contributed by atoms with E-state index in [-0.39, 0.29) is 17.4 Å². The lowest BCUT2D eigenvalue weighted by atomic mass is 9.66. The third-order valence-electron chi connectivity index (χ3n) is 6.61. The highest BCUT2D eigenvalue weighted by atomic mass is 16.5. The van der Waals surface area contributed by atoms with Crippen LogP contribution in [-0.2, 0) is 16.1 Å². The Kier molecular flexibility index (Phi) is 8.52. The molecule has 4 heteroatoms. The summed E-state index contributed by atoms with van der Waals surface area (Å²) in [6.45, 7) is 7.94. The zero-order valence-corrected chi connectivity index (χ0v) is 17.8. The first-order valence-corrected chi connectivity index (χ1v) is 10.3. The Labute approximate surface area is 170 Å². The highest BCUT2D eigenvalue weighted by molar-refractivity contribution is 5.22. The molecule has 0 bridgehead atoms. The molecule has 1 fully saturated rings. The van der Waals surface area contributed by atoms with Gasteiger partial charge in [0.25, 0.3) is 0 Å². The summed E-state index contributed by atoms with van der Waals surface area (Å²) in [7, 11) is 1.75. The number of methoxy groups -OCH3 is 1. The number of rotatable bonds is 9. The lowest BCUT2D eigenvalue weighted by molar-refractivity contribution is -0.0303. The molecule has 2 N–H and O–H groups in total. The van der Waals surface area contributed by atoms with Gasteiger partial charge in [0.2, 0.25) is 0 Å². The largest absolute Gasteiger partial charge is 0.396 e. The predicted octanol–water partition coefficient (Wildman–Crippen LogP) is 3.80. The fourth-order valence-electron chi connectivity index (χ4n) is 4.04. The molecule has 0 heterocycles. The van der Waals surface area contributed by atoms with Crippen LogP contribution in [0, 0.1) is 28.6 Å². The number of benzene rings is 1. The van der Waals surface area contributed by atoms with Gasteiger partial charge < -0.3 is 19.7 Å². The molecular formula is C24H36O4. The summed E-state index contributed by atoms with van der Waals surface area (Å²) in [6, 6.07) is 9.90. The first kappa shape index (κ1) is 22.9. The molecule has 1 aliphatic carbocycles. The molecule has 4 atom stereocenters. The lowest BCUT2D eigenvalue weighted by Crippen LogP contribution is -2.35. The smallest absolute Gasteiger partial charge is 0.140 e. The van der Waals surface area contributed by atoms with E-state index in [0.717, 1.165) is 25.0 Å². The van der Waals surface area contributed by atoms with Crippen molar-refractivity contribution in [2.24, 2.45) is 16.7 Å². The molecule has 1 saturated carbocycles. The Hall–Kier alpha value is -1.38. The molecule has 1 aromatic carbocycles. The Balaban J connectivity index is 2.07. The third-order valence-corrected chi connectivity index (χ3v) is 6.61. The molecule has 1 unspecified atom stereocenters. The van der Waals surface area contributed by atoms with Crippen molar-refractivity contribution in [1.82, 2.24) is 0 Å². The van der Waals surface area contributed by atoms with Crippen LogP contribution in [0.5, 0.6) is 0 Å². The van der Waals surface area contributed by atoms with Gasteiger partial charge in [-0.25, -0.2) is 0 Å². The normalized spacial score (nSPS) is 25.7. The lowest BCUT2D eigenvalue weighted by Gasteiger charge is -2.38. The number of hydrogen-bond acceptors (Lipinski definition) is 4. The minimum atomic E-state index is -0.871. The van der Waals surface area contributed by atoms with Gasteiger partial charge >= 0.3 is 0 Å². The van der Waals surface area contributed by atoms with Crippen LogP contribution in [0.2, 0.25) is 0 Å². The molecule has 0 aromatic heterocycles. The minimum absolute atomic E-state index is 0.0151. The van der Waals surface area contributed by atoms with E-state index in [1.165, 1.54) is 0 Å². The zero-order chi connectivity index (χ0) is 20.6. The molecule has 1 aliphatic rings. The predicted molar refractivity (Wildman–Crippen MR) is 112 cm³/mol. The second kappa shape index (κ2) is 10.4. The Morgan fingerprint density at radius 2 is 1.93 bits per heavy atom. The van der Waals surface area contributed by atoms with Gasteiger partial charge in [-0.05, 0) is 49.5 Å². The zero-order valence-electron chi connectivity index (χ0n) is 17.8. The summed E-state index contributed by atoms with van der Waals surface area (Å²) in [6.07, 6.45) is 1.95. The van der Waals surface area contributed by atoms with Crippen molar-refractivity contribution in [2.45, 2.75) is 65.3 Å². The van der Waals surface area contributed by atoms with Gasteiger partial charge in [0.1, 0.15) is 6.10 Å². The average molecular weight is 389 g/mol. The van der Waals surface area contributed by atoms with Crippen LogP contribution in [0.4, 0.5) is 0 Å². The quantitative estimate of drug-likeness (QED) is 0.632. The third kappa shape index (κ3) is 5.58. The SMILES string of the molecule is COC[C@@H]1CC[C@@](C)(C#CC(O)[C@@H](CCCO)OCc2ccccc2)C1(C)C. The molecule has 1 aromatic rings. The second-order valence-electron chi connectivity index (χ2n) is 8.66. The summed E-state index contributed by atoms with van der Waals surface area (Å²) in [5, 5.41) is 19.9. The van der Waals surface area contributed by atoms with E-state index in [1.54, 1.807) is 7.11 Å². The maximum atomic E-state index is 10.7. The number of hydrogen-bond donors (Lipinski definition) is 2. The second-order valence-corrected chi connectivity index (χ2v) is 8.66. The van der Waals surface area contributed by atoms with Crippen molar-refractivity contribution in [3.05, 3.63) is 35.9 Å². The summed E-state index contributed by atoms with van der Waals surface area (Å²) in [5.74, 6) is 6.95. The fourth-order valence-corrected chi connectivity index (χ4v) is 4.04. The van der Waals surface area contributed by atoms with Crippen LogP contribution in [0.15, 0.2) is 30.3 Å². The monoisotopic (exact) mass is 388 g/mol. The molecule has 0 amide bonds. The highest BCUT2D eigenvalue weighted by Gasteiger charge is 2.50. The summed E-state index contributed by atoms with van der Waals surface area (Å²) in [4.78, 5) is 0. The maximum Gasteiger partial charge on any atom is 0.140 e. The first-order valence-electron chi connectivity index (χ1n) is 10.3. The van der Waals surface area contributed by atoms with Gasteiger partial charge in [0.15, 0.2) is 0 Å². The first-order chi connectivity index (χ1) is 13.3. The average Bonchev–Trinajstić information content (AvgIpc) is 2.91. The van der Waals surface area contributed by atoms with Crippen molar-refractivity contribution >= 4 is 0 Å². The number of ether oxygens (including phenoxy) is 2. The molecule has 156 valence electrons. The maximum absolute atomic E-state index is 10.7. The van der Waals surface area contributed by atoms with Crippen molar-refractivity contribution in [1.29, 1.82) is 0 Å². The fraction of sp³-hybridized carbons (Fsp3) is 0.667. The van der Waals surface area contributed by atoms with Gasteiger partial charge in [0.05, 0.1) is 12.7 Å². The van der Waals surface area contributed by atoms with E-state index in [9.17, 15) is 10.2 Å². The summed E-state index contributed by atoms with van der Waals surface area (Å²) < 4.78 is 11.4. The van der Waals surface area contributed by atoms with E-state index >= 15 is 0 Å². The van der Waals surface area contributed by atoms with E-state index < -0.39 is 12.2 Å². The molecule has 0 saturated heterocycles. The molecule has 4 nitrogen and oxygen atoms in total. The van der Waals surface area contributed by atoms with Gasteiger partial charge in [0, 0.05) is 25.7 Å². The van der Waals surface area contributed by atoms with Crippen molar-refractivity contribution in [3.63, 3.8) is 0 Å². The Morgan fingerprint density at radius 3 is 2.57 bits per heavy atom. The summed E-state index contributed by atoms with van der Waals surface area (Å²) >= 11 is 0. The molecule has 2 rings (SSSR count). The molecular weight excluding hydrogens is 352 g/mol. The van der Waals surface area contributed by atoms with E-state index in [0.29, 0.717) is 25.4 Å².